The molecule has 1 atom stereocenters. The number of nitrogens with one attached hydrogen (secondary N) is 1. The van der Waals surface area contributed by atoms with Gasteiger partial charge in [0.25, 0.3) is 5.91 Å². The highest BCUT2D eigenvalue weighted by Gasteiger charge is 2.31. The summed E-state index contributed by atoms with van der Waals surface area (Å²) in [6.45, 7) is 0.239. The molecular formula is C30H29N3O4. The highest BCUT2D eigenvalue weighted by molar-refractivity contribution is 5.89. The number of methoxy groups -OCH3 is 1. The van der Waals surface area contributed by atoms with E-state index < -0.39 is 6.04 Å². The number of carbonyl (C=O) groups is 2. The SMILES string of the molecule is COc1ccc(CN(C(=O)COc2ccccc2)C(C(=O)NCc2ccccn2)c2ccccc2)cc1. The van der Waals surface area contributed by atoms with E-state index in [1.54, 1.807) is 30.3 Å². The number of hydrogen-bond acceptors (Lipinski definition) is 5. The van der Waals surface area contributed by atoms with E-state index in [4.69, 9.17) is 9.47 Å². The van der Waals surface area contributed by atoms with Gasteiger partial charge in [-0.1, -0.05) is 66.7 Å². The van der Waals surface area contributed by atoms with Crippen LogP contribution in [0.15, 0.2) is 109 Å². The number of aromatic nitrogens is 1. The molecule has 1 N–H and O–H groups in total. The summed E-state index contributed by atoms with van der Waals surface area (Å²) in [5, 5.41) is 2.95. The number of rotatable bonds is 11. The first-order valence-electron chi connectivity index (χ1n) is 12.0. The Morgan fingerprint density at radius 2 is 1.51 bits per heavy atom. The Morgan fingerprint density at radius 1 is 0.838 bits per heavy atom. The molecule has 0 aliphatic heterocycles. The Bertz CT molecular complexity index is 1270. The van der Waals surface area contributed by atoms with E-state index in [1.807, 2.05) is 91.0 Å². The fourth-order valence-corrected chi connectivity index (χ4v) is 3.88. The molecule has 3 aromatic carbocycles. The molecule has 37 heavy (non-hydrogen) atoms. The smallest absolute Gasteiger partial charge is 0.261 e. The van der Waals surface area contributed by atoms with Gasteiger partial charge in [-0.15, -0.1) is 0 Å². The Kier molecular flexibility index (Phi) is 8.86. The molecule has 0 saturated carbocycles. The molecule has 188 valence electrons. The van der Waals surface area contributed by atoms with E-state index in [9.17, 15) is 9.59 Å². The van der Waals surface area contributed by atoms with Crippen LogP contribution in [0, 0.1) is 0 Å². The van der Waals surface area contributed by atoms with Gasteiger partial charge in [-0.3, -0.25) is 14.6 Å². The highest BCUT2D eigenvalue weighted by atomic mass is 16.5. The molecule has 1 aromatic heterocycles. The maximum absolute atomic E-state index is 13.6. The number of carbonyl (C=O) groups excluding carboxylic acids is 2. The first kappa shape index (κ1) is 25.4. The second-order valence-electron chi connectivity index (χ2n) is 8.32. The lowest BCUT2D eigenvalue weighted by Gasteiger charge is -2.31. The predicted octanol–water partition coefficient (Wildman–Crippen LogP) is 4.56. The Morgan fingerprint density at radius 3 is 2.16 bits per heavy atom. The summed E-state index contributed by atoms with van der Waals surface area (Å²) < 4.78 is 11.0. The third-order valence-corrected chi connectivity index (χ3v) is 5.78. The summed E-state index contributed by atoms with van der Waals surface area (Å²) in [5.74, 6) is 0.665. The molecule has 0 spiro atoms. The summed E-state index contributed by atoms with van der Waals surface area (Å²) in [6, 6.07) is 30.5. The van der Waals surface area contributed by atoms with Crippen molar-refractivity contribution in [2.75, 3.05) is 13.7 Å². The minimum Gasteiger partial charge on any atom is -0.497 e. The van der Waals surface area contributed by atoms with Gasteiger partial charge in [-0.2, -0.15) is 0 Å². The molecule has 7 nitrogen and oxygen atoms in total. The van der Waals surface area contributed by atoms with Crippen molar-refractivity contribution in [1.82, 2.24) is 15.2 Å². The number of hydrogen-bond donors (Lipinski definition) is 1. The number of benzene rings is 3. The van der Waals surface area contributed by atoms with E-state index in [2.05, 4.69) is 10.3 Å². The summed E-state index contributed by atoms with van der Waals surface area (Å²) >= 11 is 0. The molecule has 0 bridgehead atoms. The van der Waals surface area contributed by atoms with Crippen molar-refractivity contribution in [2.24, 2.45) is 0 Å². The largest absolute Gasteiger partial charge is 0.497 e. The van der Waals surface area contributed by atoms with E-state index in [0.29, 0.717) is 17.1 Å². The van der Waals surface area contributed by atoms with Gasteiger partial charge in [-0.25, -0.2) is 0 Å². The summed E-state index contributed by atoms with van der Waals surface area (Å²) in [4.78, 5) is 33.1. The van der Waals surface area contributed by atoms with Crippen molar-refractivity contribution < 1.29 is 19.1 Å². The van der Waals surface area contributed by atoms with Gasteiger partial charge < -0.3 is 19.7 Å². The quantitative estimate of drug-likeness (QED) is 0.330. The fraction of sp³-hybridized carbons (Fsp3) is 0.167. The number of pyridine rings is 1. The second kappa shape index (κ2) is 12.9. The maximum Gasteiger partial charge on any atom is 0.261 e. The van der Waals surface area contributed by atoms with Crippen LogP contribution in [0.3, 0.4) is 0 Å². The van der Waals surface area contributed by atoms with Gasteiger partial charge in [0.05, 0.1) is 19.3 Å². The van der Waals surface area contributed by atoms with Crippen LogP contribution >= 0.6 is 0 Å². The fourth-order valence-electron chi connectivity index (χ4n) is 3.88. The first-order valence-corrected chi connectivity index (χ1v) is 12.0. The highest BCUT2D eigenvalue weighted by Crippen LogP contribution is 2.25. The molecule has 0 saturated heterocycles. The van der Waals surface area contributed by atoms with Gasteiger partial charge in [-0.05, 0) is 47.5 Å². The molecule has 1 unspecified atom stereocenters. The molecule has 7 heteroatoms. The van der Waals surface area contributed by atoms with Crippen LogP contribution in [0.25, 0.3) is 0 Å². The molecule has 0 radical (unpaired) electrons. The van der Waals surface area contributed by atoms with Crippen molar-refractivity contribution in [3.8, 4) is 11.5 Å². The van der Waals surface area contributed by atoms with Crippen LogP contribution in [0.4, 0.5) is 0 Å². The summed E-state index contributed by atoms with van der Waals surface area (Å²) in [6.07, 6.45) is 1.68. The van der Waals surface area contributed by atoms with E-state index >= 15 is 0 Å². The molecule has 0 aliphatic rings. The van der Waals surface area contributed by atoms with Crippen LogP contribution in [0.2, 0.25) is 0 Å². The second-order valence-corrected chi connectivity index (χ2v) is 8.32. The van der Waals surface area contributed by atoms with Gasteiger partial charge in [0.2, 0.25) is 5.91 Å². The number of para-hydroxylation sites is 1. The lowest BCUT2D eigenvalue weighted by Crippen LogP contribution is -2.45. The third kappa shape index (κ3) is 7.18. The van der Waals surface area contributed by atoms with Crippen LogP contribution in [-0.4, -0.2) is 35.4 Å². The summed E-state index contributed by atoms with van der Waals surface area (Å²) in [7, 11) is 1.60. The third-order valence-electron chi connectivity index (χ3n) is 5.78. The van der Waals surface area contributed by atoms with Crippen molar-refractivity contribution in [1.29, 1.82) is 0 Å². The van der Waals surface area contributed by atoms with Crippen LogP contribution in [-0.2, 0) is 22.7 Å². The number of ether oxygens (including phenoxy) is 2. The van der Waals surface area contributed by atoms with Crippen LogP contribution < -0.4 is 14.8 Å². The van der Waals surface area contributed by atoms with Gasteiger partial charge in [0.1, 0.15) is 17.5 Å². The lowest BCUT2D eigenvalue weighted by atomic mass is 10.0. The monoisotopic (exact) mass is 495 g/mol. The van der Waals surface area contributed by atoms with Crippen LogP contribution in [0.5, 0.6) is 11.5 Å². The Labute approximate surface area is 216 Å². The predicted molar refractivity (Wildman–Crippen MR) is 141 cm³/mol. The van der Waals surface area contributed by atoms with Crippen LogP contribution in [0.1, 0.15) is 22.9 Å². The van der Waals surface area contributed by atoms with E-state index in [-0.39, 0.29) is 31.5 Å². The van der Waals surface area contributed by atoms with Gasteiger partial charge in [0.15, 0.2) is 6.61 Å². The standard InChI is InChI=1S/C30H29N3O4/c1-36-26-17-15-23(16-18-26)21-33(28(34)22-37-27-13-6-3-7-14-27)29(24-10-4-2-5-11-24)30(35)32-20-25-12-8-9-19-31-25/h2-19,29H,20-22H2,1H3,(H,32,35). The lowest BCUT2D eigenvalue weighted by molar-refractivity contribution is -0.143. The normalized spacial score (nSPS) is 11.3. The zero-order valence-corrected chi connectivity index (χ0v) is 20.6. The van der Waals surface area contributed by atoms with Gasteiger partial charge >= 0.3 is 0 Å². The average molecular weight is 496 g/mol. The molecule has 1 heterocycles. The minimum atomic E-state index is -0.876. The molecule has 2 amide bonds. The van der Waals surface area contributed by atoms with E-state index in [0.717, 1.165) is 11.3 Å². The average Bonchev–Trinajstić information content (AvgIpc) is 2.96. The van der Waals surface area contributed by atoms with Crippen molar-refractivity contribution in [3.05, 3.63) is 126 Å². The maximum atomic E-state index is 13.6. The molecule has 4 rings (SSSR count). The zero-order valence-electron chi connectivity index (χ0n) is 20.6. The molecule has 0 fully saturated rings. The van der Waals surface area contributed by atoms with E-state index in [1.165, 1.54) is 0 Å². The van der Waals surface area contributed by atoms with Crippen molar-refractivity contribution in [3.63, 3.8) is 0 Å². The number of nitrogens with zero attached hydrogens (tertiary/aromatic N) is 2. The first-order chi connectivity index (χ1) is 18.1. The van der Waals surface area contributed by atoms with Crippen molar-refractivity contribution >= 4 is 11.8 Å². The summed E-state index contributed by atoms with van der Waals surface area (Å²) in [5.41, 5.74) is 2.28. The molecule has 4 aromatic rings. The Balaban J connectivity index is 1.63. The number of amides is 2. The Hall–Kier alpha value is -4.65. The zero-order chi connectivity index (χ0) is 25.9. The van der Waals surface area contributed by atoms with Gasteiger partial charge in [0, 0.05) is 12.7 Å². The van der Waals surface area contributed by atoms with Crippen molar-refractivity contribution in [2.45, 2.75) is 19.1 Å². The molecule has 0 aliphatic carbocycles. The minimum absolute atomic E-state index is 0.206. The molecular weight excluding hydrogens is 466 g/mol. The topological polar surface area (TPSA) is 80.8 Å².